The highest BCUT2D eigenvalue weighted by Crippen LogP contribution is 2.26. The van der Waals surface area contributed by atoms with Crippen LogP contribution in [0.5, 0.6) is 5.75 Å². The van der Waals surface area contributed by atoms with Crippen molar-refractivity contribution in [2.24, 2.45) is 0 Å². The molecule has 4 rings (SSSR count). The molecule has 1 atom stereocenters. The zero-order chi connectivity index (χ0) is 18.6. The molecule has 138 valence electrons. The SMILES string of the molecule is CSCCC(NC(=O)C1=Cc2ccccc2OC1)c1nc2ccccc2[nH]1. The summed E-state index contributed by atoms with van der Waals surface area (Å²) in [5.74, 6) is 2.41. The molecule has 6 heteroatoms. The van der Waals surface area contributed by atoms with Gasteiger partial charge in [0.05, 0.1) is 22.6 Å². The molecular formula is C21H21N3O2S. The van der Waals surface area contributed by atoms with Crippen molar-refractivity contribution in [3.63, 3.8) is 0 Å². The van der Waals surface area contributed by atoms with Gasteiger partial charge >= 0.3 is 0 Å². The number of hydrogen-bond acceptors (Lipinski definition) is 4. The summed E-state index contributed by atoms with van der Waals surface area (Å²) in [6.45, 7) is 0.276. The van der Waals surface area contributed by atoms with Crippen LogP contribution in [0.15, 0.2) is 54.1 Å². The number of aromatic amines is 1. The highest BCUT2D eigenvalue weighted by atomic mass is 32.2. The van der Waals surface area contributed by atoms with Crippen molar-refractivity contribution in [1.82, 2.24) is 15.3 Å². The van der Waals surface area contributed by atoms with E-state index >= 15 is 0 Å². The molecule has 0 fully saturated rings. The number of carbonyl (C=O) groups excluding carboxylic acids is 1. The Hall–Kier alpha value is -2.73. The Balaban J connectivity index is 1.56. The highest BCUT2D eigenvalue weighted by molar-refractivity contribution is 7.98. The summed E-state index contributed by atoms with van der Waals surface area (Å²) in [7, 11) is 0. The number of aromatic nitrogens is 2. The van der Waals surface area contributed by atoms with Gasteiger partial charge in [0.15, 0.2) is 0 Å². The minimum Gasteiger partial charge on any atom is -0.488 e. The average molecular weight is 379 g/mol. The summed E-state index contributed by atoms with van der Waals surface area (Å²) < 4.78 is 5.72. The first kappa shape index (κ1) is 17.7. The molecule has 1 unspecified atom stereocenters. The Morgan fingerprint density at radius 1 is 1.26 bits per heavy atom. The Bertz CT molecular complexity index is 963. The summed E-state index contributed by atoms with van der Waals surface area (Å²) in [6.07, 6.45) is 4.77. The number of para-hydroxylation sites is 3. The third kappa shape index (κ3) is 3.85. The monoisotopic (exact) mass is 379 g/mol. The number of fused-ring (bicyclic) bond motifs is 2. The number of thioether (sulfide) groups is 1. The van der Waals surface area contributed by atoms with Gasteiger partial charge in [-0.15, -0.1) is 0 Å². The first-order valence-corrected chi connectivity index (χ1v) is 10.3. The summed E-state index contributed by atoms with van der Waals surface area (Å²) in [5, 5.41) is 3.14. The standard InChI is InChI=1S/C21H21N3O2S/c1-27-11-10-18(20-22-16-7-3-4-8-17(16)23-20)24-21(25)15-12-14-6-2-5-9-19(14)26-13-15/h2-9,12,18H,10-11,13H2,1H3,(H,22,23)(H,24,25). The lowest BCUT2D eigenvalue weighted by Crippen LogP contribution is -2.33. The number of benzene rings is 2. The number of imidazole rings is 1. The number of carbonyl (C=O) groups is 1. The van der Waals surface area contributed by atoms with Crippen LogP contribution < -0.4 is 10.1 Å². The maximum absolute atomic E-state index is 12.9. The topological polar surface area (TPSA) is 67.0 Å². The van der Waals surface area contributed by atoms with Crippen LogP contribution in [0.4, 0.5) is 0 Å². The molecule has 2 N–H and O–H groups in total. The fourth-order valence-corrected chi connectivity index (χ4v) is 3.62. The lowest BCUT2D eigenvalue weighted by molar-refractivity contribution is -0.118. The largest absolute Gasteiger partial charge is 0.488 e. The van der Waals surface area contributed by atoms with Crippen molar-refractivity contribution in [3.8, 4) is 5.75 Å². The summed E-state index contributed by atoms with van der Waals surface area (Å²) in [6, 6.07) is 15.5. The molecule has 1 amide bonds. The first-order chi connectivity index (χ1) is 13.2. The Morgan fingerprint density at radius 3 is 2.93 bits per heavy atom. The van der Waals surface area contributed by atoms with E-state index in [4.69, 9.17) is 4.74 Å². The van der Waals surface area contributed by atoms with Crippen LogP contribution >= 0.6 is 11.8 Å². The smallest absolute Gasteiger partial charge is 0.251 e. The van der Waals surface area contributed by atoms with Crippen LogP contribution in [0.25, 0.3) is 17.1 Å². The quantitative estimate of drug-likeness (QED) is 0.681. The second kappa shape index (κ2) is 7.88. The molecule has 0 saturated heterocycles. The van der Waals surface area contributed by atoms with Crippen LogP contribution in [0.1, 0.15) is 23.9 Å². The third-order valence-electron chi connectivity index (χ3n) is 4.58. The molecule has 0 spiro atoms. The van der Waals surface area contributed by atoms with Gasteiger partial charge < -0.3 is 15.0 Å². The predicted octanol–water partition coefficient (Wildman–Crippen LogP) is 3.95. The highest BCUT2D eigenvalue weighted by Gasteiger charge is 2.22. The molecule has 5 nitrogen and oxygen atoms in total. The van der Waals surface area contributed by atoms with E-state index in [0.29, 0.717) is 5.57 Å². The van der Waals surface area contributed by atoms with Crippen molar-refractivity contribution in [2.75, 3.05) is 18.6 Å². The zero-order valence-electron chi connectivity index (χ0n) is 15.1. The third-order valence-corrected chi connectivity index (χ3v) is 5.22. The van der Waals surface area contributed by atoms with E-state index in [1.54, 1.807) is 11.8 Å². The van der Waals surface area contributed by atoms with Gasteiger partial charge in [-0.3, -0.25) is 4.79 Å². The second-order valence-corrected chi connectivity index (χ2v) is 7.43. The lowest BCUT2D eigenvalue weighted by Gasteiger charge is -2.20. The molecule has 0 bridgehead atoms. The maximum atomic E-state index is 12.9. The molecule has 1 aromatic heterocycles. The Kier molecular flexibility index (Phi) is 5.16. The van der Waals surface area contributed by atoms with Gasteiger partial charge in [-0.1, -0.05) is 30.3 Å². The van der Waals surface area contributed by atoms with Crippen LogP contribution in [0.2, 0.25) is 0 Å². The second-order valence-electron chi connectivity index (χ2n) is 6.44. The Morgan fingerprint density at radius 2 is 2.07 bits per heavy atom. The van der Waals surface area contributed by atoms with Crippen molar-refractivity contribution in [3.05, 3.63) is 65.5 Å². The summed E-state index contributed by atoms with van der Waals surface area (Å²) >= 11 is 1.75. The normalized spacial score (nSPS) is 14.2. The molecule has 27 heavy (non-hydrogen) atoms. The van der Waals surface area contributed by atoms with E-state index < -0.39 is 0 Å². The number of H-pyrrole nitrogens is 1. The summed E-state index contributed by atoms with van der Waals surface area (Å²) in [4.78, 5) is 20.9. The van der Waals surface area contributed by atoms with Gasteiger partial charge in [0, 0.05) is 5.56 Å². The number of ether oxygens (including phenoxy) is 1. The number of rotatable bonds is 6. The van der Waals surface area contributed by atoms with Gasteiger partial charge in [0.1, 0.15) is 18.2 Å². The van der Waals surface area contributed by atoms with Crippen LogP contribution in [0, 0.1) is 0 Å². The van der Waals surface area contributed by atoms with E-state index in [9.17, 15) is 4.79 Å². The van der Waals surface area contributed by atoms with Crippen molar-refractivity contribution in [2.45, 2.75) is 12.5 Å². The number of nitrogens with one attached hydrogen (secondary N) is 2. The van der Waals surface area contributed by atoms with E-state index in [2.05, 4.69) is 21.5 Å². The lowest BCUT2D eigenvalue weighted by atomic mass is 10.1. The van der Waals surface area contributed by atoms with E-state index in [1.165, 1.54) is 0 Å². The molecule has 1 aliphatic heterocycles. The van der Waals surface area contributed by atoms with Crippen molar-refractivity contribution < 1.29 is 9.53 Å². The van der Waals surface area contributed by atoms with Gasteiger partial charge in [-0.25, -0.2) is 4.98 Å². The molecule has 1 aliphatic rings. The van der Waals surface area contributed by atoms with Crippen LogP contribution in [0.3, 0.4) is 0 Å². The number of amides is 1. The van der Waals surface area contributed by atoms with Gasteiger partial charge in [0.25, 0.3) is 5.91 Å². The predicted molar refractivity (Wildman–Crippen MR) is 110 cm³/mol. The van der Waals surface area contributed by atoms with Crippen molar-refractivity contribution >= 4 is 34.8 Å². The molecule has 3 aromatic rings. The minimum atomic E-state index is -0.171. The van der Waals surface area contributed by atoms with E-state index in [0.717, 1.165) is 40.3 Å². The van der Waals surface area contributed by atoms with Gasteiger partial charge in [-0.05, 0) is 42.7 Å². The maximum Gasteiger partial charge on any atom is 0.251 e. The van der Waals surface area contributed by atoms with E-state index in [-0.39, 0.29) is 18.6 Å². The van der Waals surface area contributed by atoms with Gasteiger partial charge in [-0.2, -0.15) is 11.8 Å². The Labute approximate surface area is 162 Å². The fraction of sp³-hybridized carbons (Fsp3) is 0.238. The minimum absolute atomic E-state index is 0.115. The first-order valence-electron chi connectivity index (χ1n) is 8.91. The molecule has 2 heterocycles. The number of hydrogen-bond donors (Lipinski definition) is 2. The van der Waals surface area contributed by atoms with Gasteiger partial charge in [0.2, 0.25) is 0 Å². The van der Waals surface area contributed by atoms with Crippen LogP contribution in [-0.2, 0) is 4.79 Å². The molecule has 0 radical (unpaired) electrons. The fourth-order valence-electron chi connectivity index (χ4n) is 3.15. The molecule has 0 aliphatic carbocycles. The molecular weight excluding hydrogens is 358 g/mol. The molecule has 2 aromatic carbocycles. The van der Waals surface area contributed by atoms with Crippen molar-refractivity contribution in [1.29, 1.82) is 0 Å². The van der Waals surface area contributed by atoms with E-state index in [1.807, 2.05) is 54.6 Å². The summed E-state index contributed by atoms with van der Waals surface area (Å²) in [5.41, 5.74) is 3.44. The molecule has 0 saturated carbocycles. The number of nitrogens with zero attached hydrogens (tertiary/aromatic N) is 1. The average Bonchev–Trinajstić information content (AvgIpc) is 3.14. The van der Waals surface area contributed by atoms with Crippen LogP contribution in [-0.4, -0.2) is 34.5 Å². The zero-order valence-corrected chi connectivity index (χ0v) is 15.9.